The van der Waals surface area contributed by atoms with Gasteiger partial charge in [-0.15, -0.1) is 0 Å². The first-order chi connectivity index (χ1) is 11.6. The number of benzene rings is 2. The maximum atomic E-state index is 12.6. The molecule has 0 saturated heterocycles. The number of hydrogen-bond acceptors (Lipinski definition) is 3. The van der Waals surface area contributed by atoms with E-state index in [9.17, 15) is 9.59 Å². The Bertz CT molecular complexity index is 780. The Morgan fingerprint density at radius 1 is 1.04 bits per heavy atom. The van der Waals surface area contributed by atoms with Crippen LogP contribution in [0.15, 0.2) is 48.5 Å². The normalized spacial score (nSPS) is 9.75. The molecule has 0 fully saturated rings. The summed E-state index contributed by atoms with van der Waals surface area (Å²) in [6.07, 6.45) is 2.85. The molecule has 2 rings (SSSR count). The van der Waals surface area contributed by atoms with Crippen molar-refractivity contribution in [3.05, 3.63) is 65.2 Å². The molecule has 2 aromatic rings. The monoisotopic (exact) mass is 320 g/mol. The Hall–Kier alpha value is -2.86. The molecular weight excluding hydrogens is 300 g/mol. The van der Waals surface area contributed by atoms with E-state index in [2.05, 4.69) is 18.8 Å². The molecule has 0 aliphatic carbocycles. The van der Waals surface area contributed by atoms with E-state index in [-0.39, 0.29) is 5.78 Å². The van der Waals surface area contributed by atoms with Crippen molar-refractivity contribution in [1.82, 2.24) is 0 Å². The Morgan fingerprint density at radius 2 is 1.79 bits per heavy atom. The van der Waals surface area contributed by atoms with E-state index in [0.717, 1.165) is 19.3 Å². The third-order valence-corrected chi connectivity index (χ3v) is 3.41. The van der Waals surface area contributed by atoms with E-state index in [0.29, 0.717) is 22.4 Å². The van der Waals surface area contributed by atoms with E-state index in [1.807, 2.05) is 18.2 Å². The summed E-state index contributed by atoms with van der Waals surface area (Å²) in [6.45, 7) is 3.45. The molecule has 0 unspecified atom stereocenters. The number of esters is 1. The molecule has 0 spiro atoms. The highest BCUT2D eigenvalue weighted by Gasteiger charge is 2.12. The highest BCUT2D eigenvalue weighted by atomic mass is 16.5. The quantitative estimate of drug-likeness (QED) is 0.270. The average molecular weight is 320 g/mol. The minimum atomic E-state index is -0.409. The summed E-state index contributed by atoms with van der Waals surface area (Å²) >= 11 is 0. The molecule has 0 saturated carbocycles. The Kier molecular flexibility index (Phi) is 6.33. The van der Waals surface area contributed by atoms with Gasteiger partial charge in [-0.3, -0.25) is 9.59 Å². The summed E-state index contributed by atoms with van der Waals surface area (Å²) < 4.78 is 5.19. The largest absolute Gasteiger partial charge is 0.425 e. The summed E-state index contributed by atoms with van der Waals surface area (Å²) in [5.74, 6) is 5.99. The first kappa shape index (κ1) is 17.5. The molecule has 0 aliphatic rings. The average Bonchev–Trinajstić information content (AvgIpc) is 2.59. The Morgan fingerprint density at radius 3 is 2.46 bits per heavy atom. The number of ketones is 1. The fourth-order valence-corrected chi connectivity index (χ4v) is 2.19. The lowest BCUT2D eigenvalue weighted by Gasteiger charge is -2.07. The van der Waals surface area contributed by atoms with Gasteiger partial charge in [0.2, 0.25) is 0 Å². The van der Waals surface area contributed by atoms with Gasteiger partial charge in [0.15, 0.2) is 5.78 Å². The summed E-state index contributed by atoms with van der Waals surface area (Å²) in [5, 5.41) is 0. The number of unbranched alkanes of at least 4 members (excludes halogenated alkanes) is 2. The summed E-state index contributed by atoms with van der Waals surface area (Å²) in [6, 6.07) is 14.0. The molecule has 2 aromatic carbocycles. The second-order valence-electron chi connectivity index (χ2n) is 5.41. The van der Waals surface area contributed by atoms with Crippen molar-refractivity contribution >= 4 is 11.8 Å². The molecule has 0 bridgehead atoms. The van der Waals surface area contributed by atoms with E-state index in [1.54, 1.807) is 30.3 Å². The van der Waals surface area contributed by atoms with Gasteiger partial charge in [-0.05, 0) is 24.6 Å². The van der Waals surface area contributed by atoms with Gasteiger partial charge >= 0.3 is 5.97 Å². The van der Waals surface area contributed by atoms with Crippen molar-refractivity contribution in [2.75, 3.05) is 0 Å². The van der Waals surface area contributed by atoms with E-state index < -0.39 is 5.97 Å². The minimum absolute atomic E-state index is 0.0819. The lowest BCUT2D eigenvalue weighted by molar-refractivity contribution is -0.131. The van der Waals surface area contributed by atoms with Crippen molar-refractivity contribution < 1.29 is 14.3 Å². The Labute approximate surface area is 142 Å². The van der Waals surface area contributed by atoms with Crippen LogP contribution in [0, 0.1) is 11.8 Å². The van der Waals surface area contributed by atoms with Gasteiger partial charge in [0.25, 0.3) is 0 Å². The fraction of sp³-hybridized carbons (Fsp3) is 0.238. The number of carbonyl (C=O) groups is 2. The number of ether oxygens (including phenoxy) is 1. The number of rotatable bonds is 5. The molecule has 3 nitrogen and oxygen atoms in total. The molecule has 0 atom stereocenters. The van der Waals surface area contributed by atoms with E-state index in [4.69, 9.17) is 4.74 Å². The molecule has 24 heavy (non-hydrogen) atoms. The van der Waals surface area contributed by atoms with Gasteiger partial charge in [0, 0.05) is 24.5 Å². The molecule has 122 valence electrons. The first-order valence-corrected chi connectivity index (χ1v) is 8.03. The zero-order valence-corrected chi connectivity index (χ0v) is 14.0. The topological polar surface area (TPSA) is 43.4 Å². The zero-order valence-electron chi connectivity index (χ0n) is 14.0. The van der Waals surface area contributed by atoms with Gasteiger partial charge in [0.1, 0.15) is 5.75 Å². The maximum absolute atomic E-state index is 12.6. The second-order valence-corrected chi connectivity index (χ2v) is 5.41. The van der Waals surface area contributed by atoms with Crippen molar-refractivity contribution in [1.29, 1.82) is 0 Å². The fourth-order valence-electron chi connectivity index (χ4n) is 2.19. The molecule has 0 aliphatic heterocycles. The first-order valence-electron chi connectivity index (χ1n) is 8.03. The van der Waals surface area contributed by atoms with Crippen LogP contribution in [0.3, 0.4) is 0 Å². The molecule has 0 heterocycles. The molecular formula is C21H20O3. The van der Waals surface area contributed by atoms with E-state index >= 15 is 0 Å². The zero-order chi connectivity index (χ0) is 17.4. The number of carbonyl (C=O) groups excluding carboxylic acids is 2. The second kappa shape index (κ2) is 8.69. The van der Waals surface area contributed by atoms with Crippen LogP contribution in [-0.4, -0.2) is 11.8 Å². The van der Waals surface area contributed by atoms with Crippen LogP contribution in [0.2, 0.25) is 0 Å². The van der Waals surface area contributed by atoms with Gasteiger partial charge in [-0.25, -0.2) is 0 Å². The lowest BCUT2D eigenvalue weighted by atomic mass is 10.0. The van der Waals surface area contributed by atoms with Crippen molar-refractivity contribution in [2.45, 2.75) is 33.1 Å². The third-order valence-electron chi connectivity index (χ3n) is 3.41. The minimum Gasteiger partial charge on any atom is -0.425 e. The van der Waals surface area contributed by atoms with E-state index in [1.165, 1.54) is 6.92 Å². The van der Waals surface area contributed by atoms with Crippen LogP contribution < -0.4 is 4.74 Å². The van der Waals surface area contributed by atoms with Crippen LogP contribution in [0.1, 0.15) is 54.6 Å². The third kappa shape index (κ3) is 4.82. The molecule has 3 heteroatoms. The highest BCUT2D eigenvalue weighted by molar-refractivity contribution is 6.09. The van der Waals surface area contributed by atoms with Crippen molar-refractivity contribution in [3.63, 3.8) is 0 Å². The number of hydrogen-bond donors (Lipinski definition) is 0. The maximum Gasteiger partial charge on any atom is 0.308 e. The van der Waals surface area contributed by atoms with Crippen LogP contribution in [0.25, 0.3) is 0 Å². The summed E-state index contributed by atoms with van der Waals surface area (Å²) in [4.78, 5) is 23.8. The van der Waals surface area contributed by atoms with Crippen LogP contribution in [0.5, 0.6) is 5.75 Å². The highest BCUT2D eigenvalue weighted by Crippen LogP contribution is 2.21. The molecule has 0 aromatic heterocycles. The van der Waals surface area contributed by atoms with Gasteiger partial charge < -0.3 is 4.74 Å². The summed E-state index contributed by atoms with van der Waals surface area (Å²) in [5.41, 5.74) is 1.70. The molecule has 0 N–H and O–H groups in total. The van der Waals surface area contributed by atoms with Gasteiger partial charge in [-0.2, -0.15) is 0 Å². The van der Waals surface area contributed by atoms with Crippen molar-refractivity contribution in [2.24, 2.45) is 0 Å². The van der Waals surface area contributed by atoms with Crippen LogP contribution in [-0.2, 0) is 4.79 Å². The standard InChI is InChI=1S/C21H20O3/c1-3-4-5-7-12-18-15-19(13-14-20(18)24-16(2)22)21(23)17-10-8-6-9-11-17/h6,8-11,13-15H,3-5H2,1-2H3. The SMILES string of the molecule is CCCCC#Cc1cc(C(=O)c2ccccc2)ccc1OC(C)=O. The van der Waals surface area contributed by atoms with Crippen LogP contribution >= 0.6 is 0 Å². The van der Waals surface area contributed by atoms with Crippen molar-refractivity contribution in [3.8, 4) is 17.6 Å². The van der Waals surface area contributed by atoms with Gasteiger partial charge in [0.05, 0.1) is 5.56 Å². The predicted molar refractivity (Wildman–Crippen MR) is 94.0 cm³/mol. The summed E-state index contributed by atoms with van der Waals surface area (Å²) in [7, 11) is 0. The Balaban J connectivity index is 2.35. The molecule has 0 amide bonds. The lowest BCUT2D eigenvalue weighted by Crippen LogP contribution is -2.05. The van der Waals surface area contributed by atoms with Gasteiger partial charge in [-0.1, -0.05) is 55.5 Å². The molecule has 0 radical (unpaired) electrons. The smallest absolute Gasteiger partial charge is 0.308 e. The predicted octanol–water partition coefficient (Wildman–Crippen LogP) is 4.38. The van der Waals surface area contributed by atoms with Crippen LogP contribution in [0.4, 0.5) is 0 Å².